The monoisotopic (exact) mass is 193 g/mol. The number of nitrogens with zero attached hydrogens (tertiary/aromatic N) is 1. The molecule has 1 N–H and O–H groups in total. The Balaban J connectivity index is 2.09. The van der Waals surface area contributed by atoms with Crippen molar-refractivity contribution in [3.63, 3.8) is 0 Å². The molecule has 14 heavy (non-hydrogen) atoms. The third-order valence-corrected chi connectivity index (χ3v) is 2.13. The Labute approximate surface area is 81.7 Å². The van der Waals surface area contributed by atoms with E-state index in [0.29, 0.717) is 13.3 Å². The summed E-state index contributed by atoms with van der Waals surface area (Å²) < 4.78 is 5.40. The summed E-state index contributed by atoms with van der Waals surface area (Å²) >= 11 is 0. The lowest BCUT2D eigenvalue weighted by atomic mass is 10.2. The van der Waals surface area contributed by atoms with Crippen LogP contribution >= 0.6 is 0 Å². The van der Waals surface area contributed by atoms with E-state index in [2.05, 4.69) is 0 Å². The summed E-state index contributed by atoms with van der Waals surface area (Å²) in [6, 6.07) is 7.68. The number of hydrogen-bond donors (Lipinski definition) is 1. The van der Waals surface area contributed by atoms with Crippen LogP contribution in [-0.4, -0.2) is 29.3 Å². The van der Waals surface area contributed by atoms with Gasteiger partial charge < -0.3 is 9.84 Å². The number of aliphatic carboxylic acids is 1. The molecule has 0 saturated carbocycles. The van der Waals surface area contributed by atoms with Crippen LogP contribution in [0.1, 0.15) is 5.56 Å². The van der Waals surface area contributed by atoms with Gasteiger partial charge in [-0.25, -0.2) is 0 Å². The predicted molar refractivity (Wildman–Crippen MR) is 50.0 cm³/mol. The van der Waals surface area contributed by atoms with E-state index in [1.54, 1.807) is 4.90 Å². The molecule has 4 heteroatoms. The van der Waals surface area contributed by atoms with Gasteiger partial charge in [-0.1, -0.05) is 18.2 Å². The van der Waals surface area contributed by atoms with Crippen molar-refractivity contribution >= 4 is 5.97 Å². The number of carboxylic acid groups (broad SMARTS) is 1. The first-order valence-electron chi connectivity index (χ1n) is 4.40. The molecule has 0 aliphatic carbocycles. The minimum atomic E-state index is -0.826. The molecule has 1 aromatic carbocycles. The van der Waals surface area contributed by atoms with Crippen molar-refractivity contribution in [3.8, 4) is 5.75 Å². The minimum Gasteiger partial charge on any atom is -0.480 e. The van der Waals surface area contributed by atoms with E-state index in [1.807, 2.05) is 24.3 Å². The van der Waals surface area contributed by atoms with E-state index < -0.39 is 5.97 Å². The molecule has 0 saturated heterocycles. The van der Waals surface area contributed by atoms with E-state index in [-0.39, 0.29) is 6.54 Å². The lowest BCUT2D eigenvalue weighted by Gasteiger charge is -2.27. The predicted octanol–water partition coefficient (Wildman–Crippen LogP) is 0.923. The highest BCUT2D eigenvalue weighted by atomic mass is 16.5. The van der Waals surface area contributed by atoms with Gasteiger partial charge in [0.2, 0.25) is 0 Å². The lowest BCUT2D eigenvalue weighted by molar-refractivity contribution is -0.139. The molecule has 0 bridgehead atoms. The molecule has 74 valence electrons. The number of carboxylic acids is 1. The molecule has 1 heterocycles. The van der Waals surface area contributed by atoms with Gasteiger partial charge in [-0.2, -0.15) is 0 Å². The van der Waals surface area contributed by atoms with Crippen LogP contribution in [0.25, 0.3) is 0 Å². The SMILES string of the molecule is O=C(O)CN1COc2ccccc2C1. The summed E-state index contributed by atoms with van der Waals surface area (Å²) in [5, 5.41) is 8.62. The van der Waals surface area contributed by atoms with Crippen molar-refractivity contribution < 1.29 is 14.6 Å². The van der Waals surface area contributed by atoms with E-state index in [9.17, 15) is 4.79 Å². The highest BCUT2D eigenvalue weighted by molar-refractivity contribution is 5.69. The van der Waals surface area contributed by atoms with Crippen LogP contribution in [0.5, 0.6) is 5.75 Å². The van der Waals surface area contributed by atoms with Crippen LogP contribution in [0.15, 0.2) is 24.3 Å². The van der Waals surface area contributed by atoms with Crippen LogP contribution in [-0.2, 0) is 11.3 Å². The van der Waals surface area contributed by atoms with Gasteiger partial charge in [0.25, 0.3) is 0 Å². The fourth-order valence-corrected chi connectivity index (χ4v) is 1.52. The Hall–Kier alpha value is -1.55. The number of para-hydroxylation sites is 1. The van der Waals surface area contributed by atoms with Crippen LogP contribution in [0.4, 0.5) is 0 Å². The topological polar surface area (TPSA) is 49.8 Å². The number of benzene rings is 1. The summed E-state index contributed by atoms with van der Waals surface area (Å²) in [6.45, 7) is 1.01. The number of carbonyl (C=O) groups is 1. The highest BCUT2D eigenvalue weighted by Gasteiger charge is 2.18. The molecule has 0 radical (unpaired) electrons. The zero-order chi connectivity index (χ0) is 9.97. The van der Waals surface area contributed by atoms with Crippen molar-refractivity contribution in [2.75, 3.05) is 13.3 Å². The molecule has 0 unspecified atom stereocenters. The quantitative estimate of drug-likeness (QED) is 0.758. The molecule has 1 aliphatic rings. The zero-order valence-electron chi connectivity index (χ0n) is 7.64. The van der Waals surface area contributed by atoms with Gasteiger partial charge >= 0.3 is 5.97 Å². The van der Waals surface area contributed by atoms with Crippen LogP contribution in [0.3, 0.4) is 0 Å². The number of fused-ring (bicyclic) bond motifs is 1. The summed E-state index contributed by atoms with van der Waals surface area (Å²) in [5.74, 6) is 0.0297. The molecule has 1 aliphatic heterocycles. The third-order valence-electron chi connectivity index (χ3n) is 2.13. The maximum atomic E-state index is 10.5. The average molecular weight is 193 g/mol. The van der Waals surface area contributed by atoms with E-state index >= 15 is 0 Å². The van der Waals surface area contributed by atoms with Gasteiger partial charge in [0, 0.05) is 12.1 Å². The molecule has 0 spiro atoms. The van der Waals surface area contributed by atoms with Crippen molar-refractivity contribution in [1.29, 1.82) is 0 Å². The van der Waals surface area contributed by atoms with Gasteiger partial charge in [0.1, 0.15) is 12.5 Å². The molecule has 0 fully saturated rings. The molecule has 0 aromatic heterocycles. The second-order valence-corrected chi connectivity index (χ2v) is 3.26. The number of ether oxygens (including phenoxy) is 1. The number of hydrogen-bond acceptors (Lipinski definition) is 3. The van der Waals surface area contributed by atoms with Gasteiger partial charge in [-0.3, -0.25) is 9.69 Å². The smallest absolute Gasteiger partial charge is 0.317 e. The largest absolute Gasteiger partial charge is 0.480 e. The summed E-state index contributed by atoms with van der Waals surface area (Å²) in [6.07, 6.45) is 0. The maximum Gasteiger partial charge on any atom is 0.317 e. The van der Waals surface area contributed by atoms with Gasteiger partial charge in [-0.05, 0) is 6.07 Å². The van der Waals surface area contributed by atoms with E-state index in [1.165, 1.54) is 0 Å². The number of rotatable bonds is 2. The Bertz CT molecular complexity index is 351. The van der Waals surface area contributed by atoms with Gasteiger partial charge in [0.05, 0.1) is 6.54 Å². The molecule has 2 rings (SSSR count). The average Bonchev–Trinajstić information content (AvgIpc) is 2.17. The fraction of sp³-hybridized carbons (Fsp3) is 0.300. The first-order valence-corrected chi connectivity index (χ1v) is 4.40. The molecular formula is C10H11NO3. The molecule has 0 amide bonds. The minimum absolute atomic E-state index is 0.0222. The standard InChI is InChI=1S/C10H11NO3/c12-10(13)6-11-5-8-3-1-2-4-9(8)14-7-11/h1-4H,5-7H2,(H,12,13). The van der Waals surface area contributed by atoms with Crippen LogP contribution < -0.4 is 4.74 Å². The van der Waals surface area contributed by atoms with Gasteiger partial charge in [-0.15, -0.1) is 0 Å². The summed E-state index contributed by atoms with van der Waals surface area (Å²) in [7, 11) is 0. The Morgan fingerprint density at radius 2 is 2.29 bits per heavy atom. The van der Waals surface area contributed by atoms with Crippen molar-refractivity contribution in [2.45, 2.75) is 6.54 Å². The molecule has 0 atom stereocenters. The van der Waals surface area contributed by atoms with Crippen LogP contribution in [0.2, 0.25) is 0 Å². The summed E-state index contributed by atoms with van der Waals surface area (Å²) in [5.41, 5.74) is 1.04. The van der Waals surface area contributed by atoms with E-state index in [0.717, 1.165) is 11.3 Å². The van der Waals surface area contributed by atoms with Crippen molar-refractivity contribution in [2.24, 2.45) is 0 Å². The summed E-state index contributed by atoms with van der Waals surface area (Å²) in [4.78, 5) is 12.2. The van der Waals surface area contributed by atoms with Crippen molar-refractivity contribution in [1.82, 2.24) is 4.90 Å². The highest BCUT2D eigenvalue weighted by Crippen LogP contribution is 2.23. The molecule has 1 aromatic rings. The first kappa shape index (κ1) is 9.02. The van der Waals surface area contributed by atoms with E-state index in [4.69, 9.17) is 9.84 Å². The third kappa shape index (κ3) is 1.85. The fourth-order valence-electron chi connectivity index (χ4n) is 1.52. The molecular weight excluding hydrogens is 182 g/mol. The Morgan fingerprint density at radius 3 is 3.07 bits per heavy atom. The van der Waals surface area contributed by atoms with Gasteiger partial charge in [0.15, 0.2) is 0 Å². The second-order valence-electron chi connectivity index (χ2n) is 3.26. The Kier molecular flexibility index (Phi) is 2.37. The maximum absolute atomic E-state index is 10.5. The molecule has 4 nitrogen and oxygen atoms in total. The second kappa shape index (κ2) is 3.67. The lowest BCUT2D eigenvalue weighted by Crippen LogP contribution is -2.35. The Morgan fingerprint density at radius 1 is 1.50 bits per heavy atom. The normalized spacial score (nSPS) is 15.7. The zero-order valence-corrected chi connectivity index (χ0v) is 7.64. The van der Waals surface area contributed by atoms with Crippen molar-refractivity contribution in [3.05, 3.63) is 29.8 Å². The first-order chi connectivity index (χ1) is 6.75. The van der Waals surface area contributed by atoms with Crippen LogP contribution in [0, 0.1) is 0 Å².